The van der Waals surface area contributed by atoms with E-state index in [1.807, 2.05) is 5.48 Å². The highest BCUT2D eigenvalue weighted by Crippen LogP contribution is 2.21. The number of nitrogens with zero attached hydrogens (tertiary/aromatic N) is 2. The second kappa shape index (κ2) is 6.23. The third kappa shape index (κ3) is 3.63. The molecule has 1 aromatic heterocycles. The summed E-state index contributed by atoms with van der Waals surface area (Å²) in [6, 6.07) is 0. The van der Waals surface area contributed by atoms with E-state index in [1.54, 1.807) is 0 Å². The van der Waals surface area contributed by atoms with Gasteiger partial charge in [0.1, 0.15) is 18.8 Å². The van der Waals surface area contributed by atoms with Crippen molar-refractivity contribution in [3.63, 3.8) is 0 Å². The van der Waals surface area contributed by atoms with Crippen LogP contribution in [0.4, 0.5) is 14.5 Å². The predicted molar refractivity (Wildman–Crippen MR) is 51.0 cm³/mol. The molecule has 92 valence electrons. The standard InChI is InChI=1S/C8H13F2N3O3/c1-15-2-3-16-8-6(12-14)4-13(11-8)5-7(9)10/h4,7,12,14H,2-3,5H2,1H3. The Hall–Kier alpha value is -1.41. The zero-order chi connectivity index (χ0) is 12.0. The molecule has 0 spiro atoms. The van der Waals surface area contributed by atoms with Gasteiger partial charge in [-0.15, -0.1) is 5.10 Å². The van der Waals surface area contributed by atoms with Crippen LogP contribution in [0.25, 0.3) is 0 Å². The SMILES string of the molecule is COCCOc1nn(CC(F)F)cc1NO. The molecule has 16 heavy (non-hydrogen) atoms. The third-order valence-corrected chi connectivity index (χ3v) is 1.70. The van der Waals surface area contributed by atoms with E-state index >= 15 is 0 Å². The number of ether oxygens (including phenoxy) is 2. The number of anilines is 1. The highest BCUT2D eigenvalue weighted by molar-refractivity contribution is 5.48. The molecule has 0 radical (unpaired) electrons. The Morgan fingerprint density at radius 3 is 2.88 bits per heavy atom. The zero-order valence-corrected chi connectivity index (χ0v) is 8.69. The molecule has 6 nitrogen and oxygen atoms in total. The first-order chi connectivity index (χ1) is 7.67. The minimum absolute atomic E-state index is 0.0557. The van der Waals surface area contributed by atoms with Gasteiger partial charge in [-0.25, -0.2) is 8.78 Å². The van der Waals surface area contributed by atoms with Crippen molar-refractivity contribution in [2.75, 3.05) is 25.8 Å². The van der Waals surface area contributed by atoms with Crippen LogP contribution in [0.5, 0.6) is 5.88 Å². The van der Waals surface area contributed by atoms with E-state index in [4.69, 9.17) is 14.7 Å². The Kier molecular flexibility index (Phi) is 4.93. The summed E-state index contributed by atoms with van der Waals surface area (Å²) in [5.41, 5.74) is 1.96. The van der Waals surface area contributed by atoms with Crippen molar-refractivity contribution in [3.05, 3.63) is 6.20 Å². The lowest BCUT2D eigenvalue weighted by atomic mass is 10.5. The lowest BCUT2D eigenvalue weighted by Crippen LogP contribution is -2.08. The Morgan fingerprint density at radius 2 is 2.31 bits per heavy atom. The first kappa shape index (κ1) is 12.7. The third-order valence-electron chi connectivity index (χ3n) is 1.70. The zero-order valence-electron chi connectivity index (χ0n) is 8.69. The second-order valence-electron chi connectivity index (χ2n) is 2.91. The van der Waals surface area contributed by atoms with Crippen LogP contribution in [0.15, 0.2) is 6.20 Å². The number of halogens is 2. The van der Waals surface area contributed by atoms with Crippen molar-refractivity contribution in [2.45, 2.75) is 13.0 Å². The smallest absolute Gasteiger partial charge is 0.258 e. The van der Waals surface area contributed by atoms with Crippen molar-refractivity contribution in [2.24, 2.45) is 0 Å². The molecule has 0 saturated carbocycles. The fraction of sp³-hybridized carbons (Fsp3) is 0.625. The maximum atomic E-state index is 12.1. The van der Waals surface area contributed by atoms with E-state index in [0.29, 0.717) is 6.61 Å². The molecule has 1 rings (SSSR count). The number of rotatable bonds is 7. The molecule has 0 amide bonds. The van der Waals surface area contributed by atoms with Gasteiger partial charge in [-0.2, -0.15) is 0 Å². The molecule has 0 unspecified atom stereocenters. The van der Waals surface area contributed by atoms with Gasteiger partial charge in [0.15, 0.2) is 0 Å². The molecular weight excluding hydrogens is 224 g/mol. The van der Waals surface area contributed by atoms with E-state index in [9.17, 15) is 8.78 Å². The number of aromatic nitrogens is 2. The molecule has 0 saturated heterocycles. The molecular formula is C8H13F2N3O3. The molecule has 0 aliphatic rings. The Bertz CT molecular complexity index is 319. The summed E-state index contributed by atoms with van der Waals surface area (Å²) < 4.78 is 35.0. The van der Waals surface area contributed by atoms with Gasteiger partial charge in [0.2, 0.25) is 0 Å². The molecule has 0 atom stereocenters. The topological polar surface area (TPSA) is 68.5 Å². The van der Waals surface area contributed by atoms with E-state index in [2.05, 4.69) is 5.10 Å². The Morgan fingerprint density at radius 1 is 1.56 bits per heavy atom. The fourth-order valence-electron chi connectivity index (χ4n) is 1.04. The minimum atomic E-state index is -2.52. The van der Waals surface area contributed by atoms with Gasteiger partial charge < -0.3 is 9.47 Å². The fourth-order valence-corrected chi connectivity index (χ4v) is 1.04. The first-order valence-electron chi connectivity index (χ1n) is 4.54. The highest BCUT2D eigenvalue weighted by Gasteiger charge is 2.12. The van der Waals surface area contributed by atoms with Crippen LogP contribution in [0.2, 0.25) is 0 Å². The maximum absolute atomic E-state index is 12.1. The van der Waals surface area contributed by atoms with Crippen LogP contribution in [-0.4, -0.2) is 41.7 Å². The quantitative estimate of drug-likeness (QED) is 0.546. The average Bonchev–Trinajstić information content (AvgIpc) is 2.60. The van der Waals surface area contributed by atoms with Crippen molar-refractivity contribution >= 4 is 5.69 Å². The van der Waals surface area contributed by atoms with Crippen LogP contribution in [-0.2, 0) is 11.3 Å². The summed E-state index contributed by atoms with van der Waals surface area (Å²) in [7, 11) is 1.50. The second-order valence-corrected chi connectivity index (χ2v) is 2.91. The molecule has 0 fully saturated rings. The van der Waals surface area contributed by atoms with Crippen molar-refractivity contribution in [1.82, 2.24) is 9.78 Å². The molecule has 0 bridgehead atoms. The van der Waals surface area contributed by atoms with Crippen LogP contribution >= 0.6 is 0 Å². The molecule has 0 aliphatic carbocycles. The number of hydrogen-bond donors (Lipinski definition) is 2. The first-order valence-corrected chi connectivity index (χ1v) is 4.54. The monoisotopic (exact) mass is 237 g/mol. The molecule has 0 aromatic carbocycles. The maximum Gasteiger partial charge on any atom is 0.258 e. The van der Waals surface area contributed by atoms with Gasteiger partial charge in [-0.1, -0.05) is 0 Å². The summed E-state index contributed by atoms with van der Waals surface area (Å²) in [5.74, 6) is 0.0557. The van der Waals surface area contributed by atoms with Crippen molar-refractivity contribution in [3.8, 4) is 5.88 Å². The molecule has 1 aromatic rings. The van der Waals surface area contributed by atoms with E-state index < -0.39 is 13.0 Å². The Labute approximate surface area is 90.7 Å². The van der Waals surface area contributed by atoms with Crippen molar-refractivity contribution in [1.29, 1.82) is 0 Å². The van der Waals surface area contributed by atoms with Crippen molar-refractivity contribution < 1.29 is 23.5 Å². The van der Waals surface area contributed by atoms with Gasteiger partial charge >= 0.3 is 0 Å². The predicted octanol–water partition coefficient (Wildman–Crippen LogP) is 0.974. The van der Waals surface area contributed by atoms with Gasteiger partial charge in [0.05, 0.1) is 12.8 Å². The van der Waals surface area contributed by atoms with Gasteiger partial charge in [-0.3, -0.25) is 15.4 Å². The molecule has 2 N–H and O–H groups in total. The Balaban J connectivity index is 2.62. The normalized spacial score (nSPS) is 10.8. The van der Waals surface area contributed by atoms with Crippen LogP contribution in [0, 0.1) is 0 Å². The number of alkyl halides is 2. The lowest BCUT2D eigenvalue weighted by molar-refractivity contribution is 0.119. The van der Waals surface area contributed by atoms with Crippen LogP contribution in [0.1, 0.15) is 0 Å². The summed E-state index contributed by atoms with van der Waals surface area (Å²) in [4.78, 5) is 0. The largest absolute Gasteiger partial charge is 0.473 e. The summed E-state index contributed by atoms with van der Waals surface area (Å²) in [6.07, 6.45) is -1.29. The minimum Gasteiger partial charge on any atom is -0.473 e. The van der Waals surface area contributed by atoms with E-state index in [0.717, 1.165) is 4.68 Å². The van der Waals surface area contributed by atoms with Crippen LogP contribution < -0.4 is 10.2 Å². The molecule has 8 heteroatoms. The highest BCUT2D eigenvalue weighted by atomic mass is 19.3. The van der Waals surface area contributed by atoms with E-state index in [-0.39, 0.29) is 18.2 Å². The average molecular weight is 237 g/mol. The number of methoxy groups -OCH3 is 1. The molecule has 0 aliphatic heterocycles. The van der Waals surface area contributed by atoms with Gasteiger partial charge in [0, 0.05) is 7.11 Å². The summed E-state index contributed by atoms with van der Waals surface area (Å²) in [5, 5.41) is 12.4. The summed E-state index contributed by atoms with van der Waals surface area (Å²) >= 11 is 0. The van der Waals surface area contributed by atoms with E-state index in [1.165, 1.54) is 13.3 Å². The number of nitrogens with one attached hydrogen (secondary N) is 1. The molecule has 1 heterocycles. The number of hydrogen-bond acceptors (Lipinski definition) is 5. The summed E-state index contributed by atoms with van der Waals surface area (Å²) in [6.45, 7) is 0.00572. The lowest BCUT2D eigenvalue weighted by Gasteiger charge is -2.03. The van der Waals surface area contributed by atoms with Gasteiger partial charge in [-0.05, 0) is 0 Å². The van der Waals surface area contributed by atoms with Crippen LogP contribution in [0.3, 0.4) is 0 Å². The van der Waals surface area contributed by atoms with Gasteiger partial charge in [0.25, 0.3) is 12.3 Å².